The number of benzene rings is 9. The molecule has 0 fully saturated rings. The predicted molar refractivity (Wildman–Crippen MR) is 242 cm³/mol. The minimum Gasteiger partial charge on any atom is -0.228 e. The molecule has 12 rings (SSSR count). The van der Waals surface area contributed by atoms with Crippen LogP contribution in [0.5, 0.6) is 0 Å². The summed E-state index contributed by atoms with van der Waals surface area (Å²) in [6.07, 6.45) is 0. The van der Waals surface area contributed by atoms with Gasteiger partial charge in [-0.15, -0.1) is 22.7 Å². The zero-order chi connectivity index (χ0) is 36.7. The molecule has 0 saturated heterocycles. The van der Waals surface area contributed by atoms with Crippen LogP contribution in [0.1, 0.15) is 0 Å². The fraction of sp³-hybridized carbons (Fsp3) is 0. The molecule has 0 amide bonds. The maximum atomic E-state index is 5.40. The standard InChI is InChI=1S/C52H30N2S2/c1-3-13-35-31(11-1)27-28-39-44(35)29-34-12-2-4-14-36(34)49(39)33-25-23-32(24-26-33)45-30-46(42-19-9-17-40-37-15-5-7-21-47(37)55-50(40)42)54-52(53-45)43-20-10-18-41-38-16-6-8-22-48(38)56-51(41)43/h1-30H. The van der Waals surface area contributed by atoms with Crippen LogP contribution >= 0.6 is 22.7 Å². The monoisotopic (exact) mass is 746 g/mol. The number of thiophene rings is 2. The van der Waals surface area contributed by atoms with Crippen molar-refractivity contribution < 1.29 is 0 Å². The van der Waals surface area contributed by atoms with Gasteiger partial charge in [-0.3, -0.25) is 0 Å². The molecule has 2 nitrogen and oxygen atoms in total. The van der Waals surface area contributed by atoms with Crippen molar-refractivity contribution >= 4 is 95.3 Å². The van der Waals surface area contributed by atoms with E-state index in [9.17, 15) is 0 Å². The summed E-state index contributed by atoms with van der Waals surface area (Å²) in [5.41, 5.74) is 7.51. The van der Waals surface area contributed by atoms with Crippen LogP contribution in [-0.2, 0) is 0 Å². The highest BCUT2D eigenvalue weighted by atomic mass is 32.1. The van der Waals surface area contributed by atoms with Gasteiger partial charge in [0.2, 0.25) is 0 Å². The summed E-state index contributed by atoms with van der Waals surface area (Å²) in [6, 6.07) is 66.0. The third-order valence-corrected chi connectivity index (χ3v) is 13.7. The Kier molecular flexibility index (Phi) is 7.00. The van der Waals surface area contributed by atoms with Crippen molar-refractivity contribution in [3.8, 4) is 45.0 Å². The first kappa shape index (κ1) is 31.6. The molecule has 0 aliphatic rings. The van der Waals surface area contributed by atoms with E-state index in [1.54, 1.807) is 0 Å². The average molecular weight is 747 g/mol. The maximum absolute atomic E-state index is 5.40. The van der Waals surface area contributed by atoms with Gasteiger partial charge < -0.3 is 0 Å². The quantitative estimate of drug-likeness (QED) is 0.132. The average Bonchev–Trinajstić information content (AvgIpc) is 3.84. The van der Waals surface area contributed by atoms with Crippen molar-refractivity contribution in [3.05, 3.63) is 182 Å². The van der Waals surface area contributed by atoms with Crippen LogP contribution in [0.15, 0.2) is 182 Å². The second-order valence-electron chi connectivity index (χ2n) is 14.5. The van der Waals surface area contributed by atoms with Gasteiger partial charge in [0.25, 0.3) is 0 Å². The molecule has 0 aliphatic heterocycles. The van der Waals surface area contributed by atoms with E-state index >= 15 is 0 Å². The van der Waals surface area contributed by atoms with Crippen LogP contribution in [-0.4, -0.2) is 9.97 Å². The topological polar surface area (TPSA) is 25.8 Å². The number of rotatable bonds is 4. The fourth-order valence-electron chi connectivity index (χ4n) is 8.66. The molecule has 9 aromatic carbocycles. The van der Waals surface area contributed by atoms with Crippen LogP contribution in [0.25, 0.3) is 118 Å². The Morgan fingerprint density at radius 2 is 0.875 bits per heavy atom. The number of hydrogen-bond donors (Lipinski definition) is 0. The zero-order valence-electron chi connectivity index (χ0n) is 30.0. The van der Waals surface area contributed by atoms with E-state index in [2.05, 4.69) is 182 Å². The van der Waals surface area contributed by atoms with Gasteiger partial charge in [0.05, 0.1) is 11.4 Å². The smallest absolute Gasteiger partial charge is 0.161 e. The van der Waals surface area contributed by atoms with Crippen molar-refractivity contribution in [1.82, 2.24) is 9.97 Å². The van der Waals surface area contributed by atoms with E-state index in [1.165, 1.54) is 83.8 Å². The van der Waals surface area contributed by atoms with Gasteiger partial charge in [0.1, 0.15) is 0 Å². The summed E-state index contributed by atoms with van der Waals surface area (Å²) >= 11 is 3.65. The molecule has 12 aromatic rings. The molecule has 0 unspecified atom stereocenters. The number of hydrogen-bond acceptors (Lipinski definition) is 4. The number of nitrogens with zero attached hydrogens (tertiary/aromatic N) is 2. The van der Waals surface area contributed by atoms with Gasteiger partial charge >= 0.3 is 0 Å². The van der Waals surface area contributed by atoms with E-state index in [0.29, 0.717) is 0 Å². The molecule has 0 radical (unpaired) electrons. The lowest BCUT2D eigenvalue weighted by atomic mass is 9.89. The second kappa shape index (κ2) is 12.4. The first-order chi connectivity index (χ1) is 27.7. The summed E-state index contributed by atoms with van der Waals surface area (Å²) in [4.78, 5) is 10.8. The number of fused-ring (bicyclic) bond motifs is 10. The van der Waals surface area contributed by atoms with Crippen molar-refractivity contribution in [3.63, 3.8) is 0 Å². The molecule has 3 heterocycles. The van der Waals surface area contributed by atoms with Crippen LogP contribution in [0.2, 0.25) is 0 Å². The Hall–Kier alpha value is -6.72. The van der Waals surface area contributed by atoms with Crippen LogP contribution in [0.4, 0.5) is 0 Å². The van der Waals surface area contributed by atoms with Gasteiger partial charge in [-0.1, -0.05) is 152 Å². The molecule has 0 atom stereocenters. The van der Waals surface area contributed by atoms with E-state index in [4.69, 9.17) is 9.97 Å². The molecule has 260 valence electrons. The third kappa shape index (κ3) is 4.86. The molecule has 56 heavy (non-hydrogen) atoms. The molecule has 0 saturated carbocycles. The largest absolute Gasteiger partial charge is 0.228 e. The third-order valence-electron chi connectivity index (χ3n) is 11.3. The van der Waals surface area contributed by atoms with Gasteiger partial charge in [-0.25, -0.2) is 9.97 Å². The van der Waals surface area contributed by atoms with Crippen molar-refractivity contribution in [1.29, 1.82) is 0 Å². The molecule has 0 aliphatic carbocycles. The first-order valence-corrected chi connectivity index (χ1v) is 20.5. The molecule has 0 N–H and O–H groups in total. The van der Waals surface area contributed by atoms with E-state index < -0.39 is 0 Å². The molecule has 4 heteroatoms. The molecular weight excluding hydrogens is 717 g/mol. The lowest BCUT2D eigenvalue weighted by molar-refractivity contribution is 1.19. The van der Waals surface area contributed by atoms with Crippen LogP contribution in [0.3, 0.4) is 0 Å². The minimum absolute atomic E-state index is 0.740. The van der Waals surface area contributed by atoms with Crippen LogP contribution < -0.4 is 0 Å². The molecular formula is C52H30N2S2. The zero-order valence-corrected chi connectivity index (χ0v) is 31.7. The lowest BCUT2D eigenvalue weighted by Gasteiger charge is -2.15. The molecule has 3 aromatic heterocycles. The summed E-state index contributed by atoms with van der Waals surface area (Å²) in [6.45, 7) is 0. The van der Waals surface area contributed by atoms with Crippen molar-refractivity contribution in [2.24, 2.45) is 0 Å². The highest BCUT2D eigenvalue weighted by Crippen LogP contribution is 2.44. The minimum atomic E-state index is 0.740. The fourth-order valence-corrected chi connectivity index (χ4v) is 11.1. The van der Waals surface area contributed by atoms with Crippen molar-refractivity contribution in [2.75, 3.05) is 0 Å². The van der Waals surface area contributed by atoms with Crippen molar-refractivity contribution in [2.45, 2.75) is 0 Å². The Bertz CT molecular complexity index is 3410. The Balaban J connectivity index is 1.07. The van der Waals surface area contributed by atoms with Gasteiger partial charge in [0.15, 0.2) is 5.82 Å². The predicted octanol–water partition coefficient (Wildman–Crippen LogP) is 15.3. The Labute approximate surface area is 330 Å². The highest BCUT2D eigenvalue weighted by molar-refractivity contribution is 7.26. The van der Waals surface area contributed by atoms with Crippen LogP contribution in [0, 0.1) is 0 Å². The number of aromatic nitrogens is 2. The Morgan fingerprint density at radius 3 is 1.61 bits per heavy atom. The van der Waals surface area contributed by atoms with E-state index in [1.807, 2.05) is 22.7 Å². The Morgan fingerprint density at radius 1 is 0.321 bits per heavy atom. The SMILES string of the molecule is c1ccc2c(-c3ccc(-c4cc(-c5cccc6c5sc5ccccc56)nc(-c5cccc6c5sc5ccccc56)n4)cc3)c3ccc4ccccc4c3cc2c1. The van der Waals surface area contributed by atoms with Gasteiger partial charge in [0, 0.05) is 57.0 Å². The van der Waals surface area contributed by atoms with E-state index in [-0.39, 0.29) is 0 Å². The second-order valence-corrected chi connectivity index (χ2v) is 16.6. The first-order valence-electron chi connectivity index (χ1n) is 18.9. The summed E-state index contributed by atoms with van der Waals surface area (Å²) < 4.78 is 5.01. The maximum Gasteiger partial charge on any atom is 0.161 e. The lowest BCUT2D eigenvalue weighted by Crippen LogP contribution is -1.96. The normalized spacial score (nSPS) is 11.9. The van der Waals surface area contributed by atoms with Gasteiger partial charge in [-0.05, 0) is 73.8 Å². The van der Waals surface area contributed by atoms with Gasteiger partial charge in [-0.2, -0.15) is 0 Å². The summed E-state index contributed by atoms with van der Waals surface area (Å²) in [7, 11) is 0. The highest BCUT2D eigenvalue weighted by Gasteiger charge is 2.19. The summed E-state index contributed by atoms with van der Waals surface area (Å²) in [5, 5.41) is 12.6. The molecule has 0 spiro atoms. The molecule has 0 bridgehead atoms. The van der Waals surface area contributed by atoms with E-state index in [0.717, 1.165) is 33.9 Å². The summed E-state index contributed by atoms with van der Waals surface area (Å²) in [5.74, 6) is 0.740.